The maximum absolute atomic E-state index is 2.60. The molecular formula is C13H23NS. The van der Waals surface area contributed by atoms with Crippen molar-refractivity contribution in [3.05, 3.63) is 0 Å². The van der Waals surface area contributed by atoms with Crippen LogP contribution < -0.4 is 0 Å². The second-order valence-corrected chi connectivity index (χ2v) is 6.97. The van der Waals surface area contributed by atoms with Crippen molar-refractivity contribution in [2.75, 3.05) is 12.9 Å². The molecule has 0 aromatic rings. The van der Waals surface area contributed by atoms with E-state index in [1.807, 2.05) is 0 Å². The van der Waals surface area contributed by atoms with E-state index in [1.165, 1.54) is 44.4 Å². The van der Waals surface area contributed by atoms with Crippen molar-refractivity contribution in [2.24, 2.45) is 11.8 Å². The summed E-state index contributed by atoms with van der Waals surface area (Å²) in [6, 6.07) is 0.917. The van der Waals surface area contributed by atoms with Crippen LogP contribution in [0.4, 0.5) is 0 Å². The van der Waals surface area contributed by atoms with E-state index in [0.717, 1.165) is 23.1 Å². The molecule has 1 saturated heterocycles. The van der Waals surface area contributed by atoms with Crippen LogP contribution in [0.15, 0.2) is 0 Å². The SMILES string of the molecule is CN1CSC2CC3CCCCC3CCC21. The largest absolute Gasteiger partial charge is 0.293 e. The van der Waals surface area contributed by atoms with Crippen molar-refractivity contribution in [2.45, 2.75) is 56.2 Å². The van der Waals surface area contributed by atoms with Gasteiger partial charge in [-0.3, -0.25) is 4.90 Å². The van der Waals surface area contributed by atoms with Gasteiger partial charge in [-0.2, -0.15) is 0 Å². The monoisotopic (exact) mass is 225 g/mol. The minimum Gasteiger partial charge on any atom is -0.293 e. The second-order valence-electron chi connectivity index (χ2n) is 5.78. The number of hydrogen-bond acceptors (Lipinski definition) is 2. The molecule has 4 unspecified atom stereocenters. The summed E-state index contributed by atoms with van der Waals surface area (Å²) in [5.74, 6) is 3.47. The Balaban J connectivity index is 1.72. The molecule has 4 atom stereocenters. The van der Waals surface area contributed by atoms with Gasteiger partial charge in [0.15, 0.2) is 0 Å². The fraction of sp³-hybridized carbons (Fsp3) is 1.00. The first kappa shape index (κ1) is 10.5. The third kappa shape index (κ3) is 1.95. The Morgan fingerprint density at radius 3 is 2.67 bits per heavy atom. The minimum atomic E-state index is 0.917. The molecule has 2 heteroatoms. The van der Waals surface area contributed by atoms with Crippen LogP contribution in [-0.4, -0.2) is 29.1 Å². The van der Waals surface area contributed by atoms with Crippen LogP contribution >= 0.6 is 11.8 Å². The Bertz CT molecular complexity index is 229. The molecule has 86 valence electrons. The molecule has 3 fully saturated rings. The molecular weight excluding hydrogens is 202 g/mol. The third-order valence-corrected chi connectivity index (χ3v) is 6.41. The van der Waals surface area contributed by atoms with E-state index in [9.17, 15) is 0 Å². The molecule has 0 radical (unpaired) electrons. The zero-order valence-electron chi connectivity index (χ0n) is 9.82. The average molecular weight is 225 g/mol. The van der Waals surface area contributed by atoms with Gasteiger partial charge >= 0.3 is 0 Å². The van der Waals surface area contributed by atoms with Gasteiger partial charge < -0.3 is 0 Å². The Hall–Kier alpha value is 0.310. The van der Waals surface area contributed by atoms with Gasteiger partial charge in [-0.15, -0.1) is 11.8 Å². The maximum Gasteiger partial charge on any atom is 0.0447 e. The highest BCUT2D eigenvalue weighted by Crippen LogP contribution is 2.45. The summed E-state index contributed by atoms with van der Waals surface area (Å²) in [7, 11) is 2.33. The summed E-state index contributed by atoms with van der Waals surface area (Å²) in [6.07, 6.45) is 10.6. The maximum atomic E-state index is 2.60. The fourth-order valence-corrected chi connectivity index (χ4v) is 5.56. The van der Waals surface area contributed by atoms with Gasteiger partial charge in [0.2, 0.25) is 0 Å². The van der Waals surface area contributed by atoms with Gasteiger partial charge in [-0.05, 0) is 38.1 Å². The predicted octanol–water partition coefficient (Wildman–Crippen LogP) is 3.35. The van der Waals surface area contributed by atoms with Crippen molar-refractivity contribution in [3.63, 3.8) is 0 Å². The molecule has 2 aliphatic carbocycles. The lowest BCUT2D eigenvalue weighted by molar-refractivity contribution is 0.224. The molecule has 0 amide bonds. The van der Waals surface area contributed by atoms with Crippen LogP contribution in [0, 0.1) is 11.8 Å². The van der Waals surface area contributed by atoms with Crippen molar-refractivity contribution >= 4 is 11.8 Å². The molecule has 0 bridgehead atoms. The zero-order chi connectivity index (χ0) is 10.3. The van der Waals surface area contributed by atoms with Gasteiger partial charge in [0.25, 0.3) is 0 Å². The molecule has 3 rings (SSSR count). The number of fused-ring (bicyclic) bond motifs is 2. The predicted molar refractivity (Wildman–Crippen MR) is 67.1 cm³/mol. The van der Waals surface area contributed by atoms with E-state index in [1.54, 1.807) is 6.42 Å². The molecule has 1 nitrogen and oxygen atoms in total. The van der Waals surface area contributed by atoms with Crippen LogP contribution in [0.2, 0.25) is 0 Å². The highest BCUT2D eigenvalue weighted by Gasteiger charge is 2.39. The van der Waals surface area contributed by atoms with E-state index in [-0.39, 0.29) is 0 Å². The molecule has 0 aromatic heterocycles. The molecule has 2 saturated carbocycles. The Kier molecular flexibility index (Phi) is 2.99. The molecule has 0 spiro atoms. The lowest BCUT2D eigenvalue weighted by Gasteiger charge is -2.30. The normalized spacial score (nSPS) is 47.0. The summed E-state index contributed by atoms with van der Waals surface area (Å²) >= 11 is 2.23. The number of thioether (sulfide) groups is 1. The lowest BCUT2D eigenvalue weighted by atomic mass is 9.76. The first-order valence-corrected chi connectivity index (χ1v) is 7.71. The van der Waals surface area contributed by atoms with Gasteiger partial charge in [0.05, 0.1) is 0 Å². The van der Waals surface area contributed by atoms with E-state index in [4.69, 9.17) is 0 Å². The molecule has 0 N–H and O–H groups in total. The van der Waals surface area contributed by atoms with Crippen molar-refractivity contribution in [3.8, 4) is 0 Å². The summed E-state index contributed by atoms with van der Waals surface area (Å²) in [5, 5.41) is 0.975. The van der Waals surface area contributed by atoms with E-state index in [2.05, 4.69) is 23.7 Å². The molecule has 1 aliphatic heterocycles. The summed E-state index contributed by atoms with van der Waals surface area (Å²) in [5.41, 5.74) is 0. The van der Waals surface area contributed by atoms with E-state index < -0.39 is 0 Å². The topological polar surface area (TPSA) is 3.24 Å². The molecule has 0 aromatic carbocycles. The van der Waals surface area contributed by atoms with Crippen LogP contribution in [0.3, 0.4) is 0 Å². The van der Waals surface area contributed by atoms with Gasteiger partial charge in [0.1, 0.15) is 0 Å². The second kappa shape index (κ2) is 4.29. The smallest absolute Gasteiger partial charge is 0.0447 e. The Morgan fingerprint density at radius 1 is 1.00 bits per heavy atom. The van der Waals surface area contributed by atoms with E-state index in [0.29, 0.717) is 0 Å². The first-order valence-electron chi connectivity index (χ1n) is 6.66. The summed E-state index contributed by atoms with van der Waals surface area (Å²) in [4.78, 5) is 2.60. The van der Waals surface area contributed by atoms with Crippen LogP contribution in [0.1, 0.15) is 44.9 Å². The quantitative estimate of drug-likeness (QED) is 0.622. The standard InChI is InChI=1S/C13H23NS/c1-14-9-15-13-8-11-5-3-2-4-10(11)6-7-12(13)14/h10-13H,2-9H2,1H3. The van der Waals surface area contributed by atoms with Crippen molar-refractivity contribution in [1.29, 1.82) is 0 Å². The van der Waals surface area contributed by atoms with E-state index >= 15 is 0 Å². The molecule has 1 heterocycles. The summed E-state index contributed by atoms with van der Waals surface area (Å²) in [6.45, 7) is 0. The van der Waals surface area contributed by atoms with Crippen LogP contribution in [0.5, 0.6) is 0 Å². The number of nitrogens with zero attached hydrogens (tertiary/aromatic N) is 1. The molecule has 15 heavy (non-hydrogen) atoms. The third-order valence-electron chi connectivity index (χ3n) is 4.92. The fourth-order valence-electron chi connectivity index (χ4n) is 3.99. The van der Waals surface area contributed by atoms with Crippen molar-refractivity contribution in [1.82, 2.24) is 4.90 Å². The van der Waals surface area contributed by atoms with Gasteiger partial charge in [-0.1, -0.05) is 25.7 Å². The minimum absolute atomic E-state index is 0.917. The number of hydrogen-bond donors (Lipinski definition) is 0. The first-order chi connectivity index (χ1) is 7.34. The number of rotatable bonds is 0. The van der Waals surface area contributed by atoms with Crippen molar-refractivity contribution < 1.29 is 0 Å². The Labute approximate surface area is 98.0 Å². The highest BCUT2D eigenvalue weighted by molar-refractivity contribution is 8.00. The van der Waals surface area contributed by atoms with Crippen LogP contribution in [0.25, 0.3) is 0 Å². The van der Waals surface area contributed by atoms with Gasteiger partial charge in [0, 0.05) is 17.2 Å². The highest BCUT2D eigenvalue weighted by atomic mass is 32.2. The average Bonchev–Trinajstić information content (AvgIpc) is 2.51. The zero-order valence-corrected chi connectivity index (χ0v) is 10.6. The Morgan fingerprint density at radius 2 is 1.80 bits per heavy atom. The molecule has 3 aliphatic rings. The lowest BCUT2D eigenvalue weighted by Crippen LogP contribution is -2.31. The van der Waals surface area contributed by atoms with Crippen LogP contribution in [-0.2, 0) is 0 Å². The van der Waals surface area contributed by atoms with Gasteiger partial charge in [-0.25, -0.2) is 0 Å². The summed E-state index contributed by atoms with van der Waals surface area (Å²) < 4.78 is 0.